The fourth-order valence-corrected chi connectivity index (χ4v) is 16.5. The SMILES string of the molecule is CC(=O)N[C@@H]1[C@@H](O)[C@H](O[C@@H]2O[C@H](CO)[C@@H](O[C@@H]3O[C@H](CO[C@H]4O[C@H](CO[C@@H]5O[C@H](CO)[C@@H](O)[C@H](O)[C@H]5NC(C)=O)[C@@H](O)[C@H](O)[C@@H]4O[C@@H]4O[C@H](CO)[C@@H](O)[C@H](O)[C@H]4NC(C)=O)[C@@H](O)[C@H](O[C@H]4O[C@H](CO)[C@@H](O[C@@H]5O[C@H](CO)[C@@H](O)[C@H](O)[C@H]5NC(C)=O)[C@H](O)[C@@H]4O[C@@H]4O[C@H](CO)[C@@H](O)[C@H](O)[C@H]4NC(C)=O)[C@@H]3O)[C@H](O)[C@H]2NC(C)=O)[C@@H](CO[C@@H]2O[C@@H](C)[C@@H](O)[C@@H](O)[C@@H]2O)O[C@H]1O. The molecule has 50 atom stereocenters. The van der Waals surface area contributed by atoms with Gasteiger partial charge >= 0.3 is 0 Å². The first-order valence-corrected chi connectivity index (χ1v) is 41.0. The van der Waals surface area contributed by atoms with E-state index in [4.69, 9.17) is 90.0 Å². The lowest BCUT2D eigenvalue weighted by atomic mass is 9.93. The highest BCUT2D eigenvalue weighted by Crippen LogP contribution is 2.41. The van der Waals surface area contributed by atoms with Crippen molar-refractivity contribution in [2.45, 2.75) is 355 Å². The Morgan fingerprint density at radius 3 is 0.922 bits per heavy atom. The first kappa shape index (κ1) is 105. The molecular formula is C72H120N6O50. The van der Waals surface area contributed by atoms with Crippen molar-refractivity contribution < 1.29 is 246 Å². The van der Waals surface area contributed by atoms with Gasteiger partial charge in [-0.25, -0.2) is 0 Å². The maximum Gasteiger partial charge on any atom is 0.217 e. The molecule has 31 N–H and O–H groups in total. The molecule has 0 aromatic rings. The molecule has 56 nitrogen and oxygen atoms in total. The molecule has 0 saturated carbocycles. The van der Waals surface area contributed by atoms with Gasteiger partial charge in [0.15, 0.2) is 62.9 Å². The van der Waals surface area contributed by atoms with E-state index < -0.39 is 402 Å². The number of aliphatic hydroxyl groups is 25. The fourth-order valence-electron chi connectivity index (χ4n) is 16.5. The van der Waals surface area contributed by atoms with Crippen molar-refractivity contribution in [3.05, 3.63) is 0 Å². The van der Waals surface area contributed by atoms with Crippen LogP contribution in [0, 0.1) is 0 Å². The van der Waals surface area contributed by atoms with Crippen LogP contribution in [-0.2, 0) is 119 Å². The summed E-state index contributed by atoms with van der Waals surface area (Å²) in [6.07, 6.45) is -92.5. The summed E-state index contributed by atoms with van der Waals surface area (Å²) in [4.78, 5) is 76.7. The van der Waals surface area contributed by atoms with Gasteiger partial charge in [0, 0.05) is 41.5 Å². The predicted octanol–water partition coefficient (Wildman–Crippen LogP) is -20.9. The summed E-state index contributed by atoms with van der Waals surface area (Å²) in [6, 6.07) is -11.1. The van der Waals surface area contributed by atoms with Gasteiger partial charge in [-0.2, -0.15) is 0 Å². The van der Waals surface area contributed by atoms with Gasteiger partial charge in [-0.3, -0.25) is 28.8 Å². The molecular weight excluding hydrogens is 1750 g/mol. The van der Waals surface area contributed by atoms with Gasteiger partial charge in [0.1, 0.15) is 238 Å². The van der Waals surface area contributed by atoms with Gasteiger partial charge < -0.3 is 250 Å². The number of hydrogen-bond donors (Lipinski definition) is 31. The Morgan fingerprint density at radius 2 is 0.500 bits per heavy atom. The first-order valence-electron chi connectivity index (χ1n) is 41.0. The summed E-state index contributed by atoms with van der Waals surface area (Å²) in [5, 5.41) is 298. The van der Waals surface area contributed by atoms with Crippen molar-refractivity contribution in [3.63, 3.8) is 0 Å². The number of carbonyl (C=O) groups is 6. The third kappa shape index (κ3) is 23.9. The molecule has 0 aromatic heterocycles. The van der Waals surface area contributed by atoms with Crippen LogP contribution in [0.3, 0.4) is 0 Å². The molecule has 738 valence electrons. The van der Waals surface area contributed by atoms with Gasteiger partial charge in [0.2, 0.25) is 35.4 Å². The van der Waals surface area contributed by atoms with E-state index in [0.717, 1.165) is 41.5 Å². The molecule has 0 unspecified atom stereocenters. The highest BCUT2D eigenvalue weighted by molar-refractivity contribution is 5.75. The average Bonchev–Trinajstić information content (AvgIpc) is 0.759. The van der Waals surface area contributed by atoms with Gasteiger partial charge in [-0.05, 0) is 6.92 Å². The summed E-state index contributed by atoms with van der Waals surface area (Å²) in [6.45, 7) is -2.95. The van der Waals surface area contributed by atoms with Crippen molar-refractivity contribution in [2.24, 2.45) is 0 Å². The summed E-state index contributed by atoms with van der Waals surface area (Å²) in [5.74, 6) is -5.46. The number of hydrogen-bond acceptors (Lipinski definition) is 50. The number of amides is 6. The Kier molecular flexibility index (Phi) is 37.8. The number of rotatable bonds is 33. The van der Waals surface area contributed by atoms with Crippen LogP contribution in [0.5, 0.6) is 0 Å². The molecule has 10 saturated heterocycles. The molecule has 6 amide bonds. The quantitative estimate of drug-likeness (QED) is 0.0290. The first-order chi connectivity index (χ1) is 60.4. The minimum atomic E-state index is -2.70. The van der Waals surface area contributed by atoms with Crippen LogP contribution < -0.4 is 31.9 Å². The molecule has 10 fully saturated rings. The lowest BCUT2D eigenvalue weighted by molar-refractivity contribution is -0.403. The monoisotopic (exact) mass is 1870 g/mol. The lowest BCUT2D eigenvalue weighted by Gasteiger charge is -2.52. The van der Waals surface area contributed by atoms with Crippen LogP contribution >= 0.6 is 0 Å². The zero-order valence-electron chi connectivity index (χ0n) is 69.6. The molecule has 0 aromatic carbocycles. The minimum absolute atomic E-state index is 0.823. The molecule has 10 rings (SSSR count). The maximum atomic E-state index is 13.4. The average molecular weight is 1870 g/mol. The summed E-state index contributed by atoms with van der Waals surface area (Å²) >= 11 is 0. The molecule has 10 aliphatic heterocycles. The zero-order chi connectivity index (χ0) is 94.4. The molecule has 0 radical (unpaired) electrons. The second kappa shape index (κ2) is 46.1. The smallest absolute Gasteiger partial charge is 0.217 e. The predicted molar refractivity (Wildman–Crippen MR) is 398 cm³/mol. The van der Waals surface area contributed by atoms with Crippen molar-refractivity contribution in [2.75, 3.05) is 59.5 Å². The third-order valence-corrected chi connectivity index (χ3v) is 23.2. The summed E-state index contributed by atoms with van der Waals surface area (Å²) < 4.78 is 115. The number of carbonyl (C=O) groups excluding carboxylic acids is 6. The molecule has 10 heterocycles. The number of ether oxygens (including phenoxy) is 19. The molecule has 10 aliphatic rings. The van der Waals surface area contributed by atoms with E-state index in [1.54, 1.807) is 0 Å². The van der Waals surface area contributed by atoms with Crippen LogP contribution in [0.25, 0.3) is 0 Å². The van der Waals surface area contributed by atoms with Crippen LogP contribution in [-0.4, -0.2) is 529 Å². The van der Waals surface area contributed by atoms with Crippen LogP contribution in [0.1, 0.15) is 48.5 Å². The van der Waals surface area contributed by atoms with E-state index >= 15 is 0 Å². The molecule has 0 aliphatic carbocycles. The molecule has 0 spiro atoms. The number of aliphatic hydroxyl groups excluding tert-OH is 25. The summed E-state index contributed by atoms with van der Waals surface area (Å²) in [7, 11) is 0. The van der Waals surface area contributed by atoms with E-state index in [0.29, 0.717) is 0 Å². The largest absolute Gasteiger partial charge is 0.394 e. The molecule has 0 bridgehead atoms. The minimum Gasteiger partial charge on any atom is -0.394 e. The summed E-state index contributed by atoms with van der Waals surface area (Å²) in [5.41, 5.74) is 0. The van der Waals surface area contributed by atoms with E-state index in [2.05, 4.69) is 31.9 Å². The lowest BCUT2D eigenvalue weighted by Crippen LogP contribution is -2.71. The van der Waals surface area contributed by atoms with Crippen molar-refractivity contribution in [1.29, 1.82) is 0 Å². The second-order valence-corrected chi connectivity index (χ2v) is 32.5. The maximum absolute atomic E-state index is 13.4. The van der Waals surface area contributed by atoms with E-state index in [-0.39, 0.29) is 0 Å². The van der Waals surface area contributed by atoms with Crippen LogP contribution in [0.2, 0.25) is 0 Å². The van der Waals surface area contributed by atoms with Crippen LogP contribution in [0.4, 0.5) is 0 Å². The van der Waals surface area contributed by atoms with Crippen molar-refractivity contribution in [3.8, 4) is 0 Å². The third-order valence-electron chi connectivity index (χ3n) is 23.2. The number of nitrogens with one attached hydrogen (secondary N) is 6. The van der Waals surface area contributed by atoms with Crippen molar-refractivity contribution in [1.82, 2.24) is 31.9 Å². The Bertz CT molecular complexity index is 3550. The van der Waals surface area contributed by atoms with Gasteiger partial charge in [-0.15, -0.1) is 0 Å². The highest BCUT2D eigenvalue weighted by Gasteiger charge is 2.62. The Hall–Kier alpha value is -4.94. The second-order valence-electron chi connectivity index (χ2n) is 32.5. The van der Waals surface area contributed by atoms with Crippen molar-refractivity contribution >= 4 is 35.4 Å². The van der Waals surface area contributed by atoms with E-state index in [1.807, 2.05) is 0 Å². The fraction of sp³-hybridized carbons (Fsp3) is 0.917. The van der Waals surface area contributed by atoms with Crippen LogP contribution in [0.15, 0.2) is 0 Å². The highest BCUT2D eigenvalue weighted by atomic mass is 16.8. The Balaban J connectivity index is 1.05. The molecule has 56 heteroatoms. The van der Waals surface area contributed by atoms with E-state index in [1.165, 1.54) is 6.92 Å². The Morgan fingerprint density at radius 1 is 0.219 bits per heavy atom. The zero-order valence-corrected chi connectivity index (χ0v) is 69.6. The van der Waals surface area contributed by atoms with E-state index in [9.17, 15) is 156 Å². The van der Waals surface area contributed by atoms with Gasteiger partial charge in [0.25, 0.3) is 0 Å². The topological polar surface area (TPSA) is 856 Å². The normalized spacial score (nSPS) is 47.8. The molecule has 128 heavy (non-hydrogen) atoms. The van der Waals surface area contributed by atoms with Gasteiger partial charge in [-0.1, -0.05) is 0 Å². The Labute approximate surface area is 726 Å². The van der Waals surface area contributed by atoms with Gasteiger partial charge in [0.05, 0.1) is 65.6 Å². The standard InChI is InChI=1S/C72H120N6O50/c1-17-39(91)52(104)54(106)69(113-17)111-16-32-59(50(102)33(63(109)114-32)73-18(2)85)124-68-38(78-23(7)90)51(103)57(28(12-83)119-68)125-70-56(108)60(126-72-62(128-67-37(77-22(6)89)49(101)43(95)27(11-82)118-67)55(107)58(29(13-84)120-72)123-65-35(75-20(4)87)47(99)41(93)25(9-80)116-65)45(97)31(121-70)15-112-71-61(127-66-36(76-21(5)88)48(100)42(94)26(10-81)117-66)53(105)44(96)30(122-71)14-110-64-34(74-19(3)86)46(98)40(92)24(8-79)115-64/h17,24-72,79-84,91-109H,8-16H2,1-7H3,(H,73,85)(H,74,86)(H,75,87)(H,76,88)(H,77,89)(H,78,90)/t17-,24+,25+,26+,27+,28+,29+,30+,31+,32+,33+,34+,35+,36+,37+,38+,39+,40+,41+,42+,43+,44+,45+,46+,47+,48+,49+,50+,51+,52+,53-,54-,55-,56-,57+,58+,59+,60-,61-,62-,63+,64+,65-,66-,67-,68-,69+,70-,71-,72+/m0/s1.